The Balaban J connectivity index is 2.70. The van der Waals surface area contributed by atoms with Gasteiger partial charge in [0.1, 0.15) is 4.90 Å². The number of rotatable bonds is 7. The topological polar surface area (TPSA) is 131 Å². The molecule has 1 aromatic carbocycles. The molecule has 1 aromatic rings. The fourth-order valence-corrected chi connectivity index (χ4v) is 2.93. The molecule has 0 spiro atoms. The number of hydrogen-bond acceptors (Lipinski definition) is 6. The summed E-state index contributed by atoms with van der Waals surface area (Å²) in [6, 6.07) is 2.69. The van der Waals surface area contributed by atoms with Gasteiger partial charge >= 0.3 is 12.0 Å². The number of esters is 1. The lowest BCUT2D eigenvalue weighted by Crippen LogP contribution is -2.44. The summed E-state index contributed by atoms with van der Waals surface area (Å²) in [5, 5.41) is 4.46. The maximum atomic E-state index is 12.0. The van der Waals surface area contributed by atoms with E-state index in [-0.39, 0.29) is 21.5 Å². The molecule has 0 aliphatic heterocycles. The van der Waals surface area contributed by atoms with E-state index in [0.717, 1.165) is 6.07 Å². The maximum absolute atomic E-state index is 12.0. The Hall–Kier alpha value is -2.17. The minimum atomic E-state index is -3.87. The summed E-state index contributed by atoms with van der Waals surface area (Å²) in [5.41, 5.74) is -0.111. The normalized spacial score (nSPS) is 12.2. The molecular weight excluding hydrogens is 386 g/mol. The van der Waals surface area contributed by atoms with Gasteiger partial charge in [-0.3, -0.25) is 10.1 Å². The molecule has 0 saturated carbocycles. The largest absolute Gasteiger partial charge is 0.452 e. The van der Waals surface area contributed by atoms with Gasteiger partial charge in [-0.25, -0.2) is 22.7 Å². The highest BCUT2D eigenvalue weighted by molar-refractivity contribution is 7.89. The quantitative estimate of drug-likeness (QED) is 0.580. The summed E-state index contributed by atoms with van der Waals surface area (Å²) >= 11 is 5.82. The SMILES string of the molecule is CC[C@H](C)NC(=O)NC(=O)COC(=O)c1ccc(Cl)c(S(=O)(=O)NC)c1. The lowest BCUT2D eigenvalue weighted by atomic mass is 10.2. The summed E-state index contributed by atoms with van der Waals surface area (Å²) in [5.74, 6) is -1.76. The van der Waals surface area contributed by atoms with Crippen molar-refractivity contribution in [2.45, 2.75) is 31.2 Å². The van der Waals surface area contributed by atoms with E-state index in [9.17, 15) is 22.8 Å². The second-order valence-corrected chi connectivity index (χ2v) is 7.52. The molecule has 0 bridgehead atoms. The van der Waals surface area contributed by atoms with Gasteiger partial charge in [-0.1, -0.05) is 18.5 Å². The lowest BCUT2D eigenvalue weighted by Gasteiger charge is -2.12. The van der Waals surface area contributed by atoms with E-state index in [1.165, 1.54) is 19.2 Å². The van der Waals surface area contributed by atoms with Crippen LogP contribution in [0.5, 0.6) is 0 Å². The van der Waals surface area contributed by atoms with Gasteiger partial charge < -0.3 is 10.1 Å². The summed E-state index contributed by atoms with van der Waals surface area (Å²) in [6.45, 7) is 2.92. The van der Waals surface area contributed by atoms with Gasteiger partial charge in [-0.2, -0.15) is 0 Å². The molecule has 1 atom stereocenters. The molecule has 1 rings (SSSR count). The summed E-state index contributed by atoms with van der Waals surface area (Å²) < 4.78 is 30.5. The minimum absolute atomic E-state index is 0.0737. The zero-order valence-electron chi connectivity index (χ0n) is 14.5. The highest BCUT2D eigenvalue weighted by Gasteiger charge is 2.20. The molecular formula is C15H20ClN3O6S. The molecule has 11 heteroatoms. The number of hydrogen-bond donors (Lipinski definition) is 3. The second kappa shape index (κ2) is 9.51. The highest BCUT2D eigenvalue weighted by atomic mass is 35.5. The number of benzene rings is 1. The molecule has 3 N–H and O–H groups in total. The van der Waals surface area contributed by atoms with E-state index >= 15 is 0 Å². The standard InChI is InChI=1S/C15H20ClN3O6S/c1-4-9(2)18-15(22)19-13(20)8-25-14(21)10-5-6-11(16)12(7-10)26(23,24)17-3/h5-7,9,17H,4,8H2,1-3H3,(H2,18,19,20,22)/t9-/m0/s1. The third-order valence-corrected chi connectivity index (χ3v) is 5.20. The maximum Gasteiger partial charge on any atom is 0.338 e. The molecule has 0 saturated heterocycles. The van der Waals surface area contributed by atoms with Crippen LogP contribution in [0.25, 0.3) is 0 Å². The van der Waals surface area contributed by atoms with Gasteiger partial charge in [0.05, 0.1) is 10.6 Å². The first-order valence-corrected chi connectivity index (χ1v) is 9.47. The van der Waals surface area contributed by atoms with Crippen LogP contribution in [0.2, 0.25) is 5.02 Å². The third-order valence-electron chi connectivity index (χ3n) is 3.30. The Labute approximate surface area is 156 Å². The second-order valence-electron chi connectivity index (χ2n) is 5.26. The van der Waals surface area contributed by atoms with Crippen LogP contribution in [0.3, 0.4) is 0 Å². The Morgan fingerprint density at radius 3 is 2.50 bits per heavy atom. The number of sulfonamides is 1. The first kappa shape index (κ1) is 21.9. The van der Waals surface area contributed by atoms with Crippen molar-refractivity contribution in [1.29, 1.82) is 0 Å². The zero-order valence-corrected chi connectivity index (χ0v) is 16.0. The predicted molar refractivity (Wildman–Crippen MR) is 94.4 cm³/mol. The molecule has 0 heterocycles. The number of urea groups is 1. The number of ether oxygens (including phenoxy) is 1. The van der Waals surface area contributed by atoms with Crippen LogP contribution in [0, 0.1) is 0 Å². The van der Waals surface area contributed by atoms with Crippen LogP contribution in [0.4, 0.5) is 4.79 Å². The molecule has 0 aliphatic rings. The van der Waals surface area contributed by atoms with Crippen molar-refractivity contribution in [3.63, 3.8) is 0 Å². The summed E-state index contributed by atoms with van der Waals surface area (Å²) in [6.07, 6.45) is 0.686. The van der Waals surface area contributed by atoms with Gasteiger partial charge in [-0.05, 0) is 38.6 Å². The number of carbonyl (C=O) groups is 3. The summed E-state index contributed by atoms with van der Waals surface area (Å²) in [7, 11) is -2.67. The Bertz CT molecular complexity index is 797. The average Bonchev–Trinajstić information content (AvgIpc) is 2.59. The molecule has 9 nitrogen and oxygen atoms in total. The van der Waals surface area contributed by atoms with Gasteiger partial charge in [0.2, 0.25) is 10.0 Å². The Kier molecular flexibility index (Phi) is 8.00. The number of carbonyl (C=O) groups excluding carboxylic acids is 3. The first-order chi connectivity index (χ1) is 12.1. The number of amides is 3. The van der Waals surface area contributed by atoms with E-state index in [1.807, 2.05) is 12.2 Å². The van der Waals surface area contributed by atoms with Crippen molar-refractivity contribution < 1.29 is 27.5 Å². The minimum Gasteiger partial charge on any atom is -0.452 e. The molecule has 26 heavy (non-hydrogen) atoms. The van der Waals surface area contributed by atoms with Crippen LogP contribution in [0.1, 0.15) is 30.6 Å². The molecule has 144 valence electrons. The average molecular weight is 406 g/mol. The van der Waals surface area contributed by atoms with Gasteiger partial charge in [0.15, 0.2) is 6.61 Å². The van der Waals surface area contributed by atoms with Gasteiger partial charge in [0, 0.05) is 6.04 Å². The molecule has 0 fully saturated rings. The van der Waals surface area contributed by atoms with Crippen molar-refractivity contribution in [2.75, 3.05) is 13.7 Å². The van der Waals surface area contributed by atoms with Crippen LogP contribution in [-0.4, -0.2) is 46.0 Å². The molecule has 3 amide bonds. The van der Waals surface area contributed by atoms with E-state index in [0.29, 0.717) is 6.42 Å². The molecule has 0 aromatic heterocycles. The Morgan fingerprint density at radius 2 is 1.92 bits per heavy atom. The predicted octanol–water partition coefficient (Wildman–Crippen LogP) is 1.03. The van der Waals surface area contributed by atoms with Crippen LogP contribution >= 0.6 is 11.6 Å². The van der Waals surface area contributed by atoms with Crippen LogP contribution in [0.15, 0.2) is 23.1 Å². The number of halogens is 1. The van der Waals surface area contributed by atoms with Crippen molar-refractivity contribution in [1.82, 2.24) is 15.4 Å². The van der Waals surface area contributed by atoms with E-state index in [1.54, 1.807) is 6.92 Å². The fourth-order valence-electron chi connectivity index (χ4n) is 1.69. The van der Waals surface area contributed by atoms with Crippen LogP contribution in [-0.2, 0) is 19.6 Å². The fraction of sp³-hybridized carbons (Fsp3) is 0.400. The molecule has 0 aliphatic carbocycles. The van der Waals surface area contributed by atoms with Crippen LogP contribution < -0.4 is 15.4 Å². The Morgan fingerprint density at radius 1 is 1.27 bits per heavy atom. The summed E-state index contributed by atoms with van der Waals surface area (Å²) in [4.78, 5) is 34.8. The van der Waals surface area contributed by atoms with E-state index < -0.39 is 34.5 Å². The van der Waals surface area contributed by atoms with Crippen molar-refractivity contribution >= 4 is 39.5 Å². The number of imide groups is 1. The van der Waals surface area contributed by atoms with Crippen molar-refractivity contribution in [2.24, 2.45) is 0 Å². The molecule has 0 unspecified atom stereocenters. The van der Waals surface area contributed by atoms with Gasteiger partial charge in [0.25, 0.3) is 5.91 Å². The van der Waals surface area contributed by atoms with E-state index in [4.69, 9.17) is 16.3 Å². The smallest absolute Gasteiger partial charge is 0.338 e. The van der Waals surface area contributed by atoms with Gasteiger partial charge in [-0.15, -0.1) is 0 Å². The highest BCUT2D eigenvalue weighted by Crippen LogP contribution is 2.22. The van der Waals surface area contributed by atoms with E-state index in [2.05, 4.69) is 10.0 Å². The zero-order chi connectivity index (χ0) is 19.9. The monoisotopic (exact) mass is 405 g/mol. The third kappa shape index (κ3) is 6.28. The van der Waals surface area contributed by atoms with Crippen molar-refractivity contribution in [3.8, 4) is 0 Å². The number of nitrogens with one attached hydrogen (secondary N) is 3. The first-order valence-electron chi connectivity index (χ1n) is 7.61. The molecule has 0 radical (unpaired) electrons. The van der Waals surface area contributed by atoms with Crippen molar-refractivity contribution in [3.05, 3.63) is 28.8 Å². The lowest BCUT2D eigenvalue weighted by molar-refractivity contribution is -0.123.